The predicted molar refractivity (Wildman–Crippen MR) is 192 cm³/mol. The molecular formula is C41H37N7O. The number of anilines is 1. The molecule has 1 N–H and O–H groups in total. The van der Waals surface area contributed by atoms with Gasteiger partial charge in [0.25, 0.3) is 5.70 Å². The Morgan fingerprint density at radius 1 is 0.959 bits per heavy atom. The first-order chi connectivity index (χ1) is 23.6. The van der Waals surface area contributed by atoms with Gasteiger partial charge in [-0.25, -0.2) is 10.1 Å². The molecule has 0 atom stereocenters. The van der Waals surface area contributed by atoms with Crippen LogP contribution in [0.1, 0.15) is 62.8 Å². The molecule has 0 unspecified atom stereocenters. The highest BCUT2D eigenvalue weighted by molar-refractivity contribution is 5.72. The molecule has 3 aliphatic rings. The Morgan fingerprint density at radius 2 is 1.67 bits per heavy atom. The van der Waals surface area contributed by atoms with E-state index >= 15 is 0 Å². The summed E-state index contributed by atoms with van der Waals surface area (Å²) < 4.78 is 5.59. The van der Waals surface area contributed by atoms with E-state index in [1.807, 2.05) is 48.5 Å². The average molecular weight is 644 g/mol. The van der Waals surface area contributed by atoms with Gasteiger partial charge in [0.2, 0.25) is 0 Å². The number of hydrogen-bond acceptors (Lipinski definition) is 6. The number of nitrogens with zero attached hydrogens (tertiary/aromatic N) is 6. The van der Waals surface area contributed by atoms with Gasteiger partial charge in [-0.1, -0.05) is 52.0 Å². The normalized spacial score (nSPS) is 17.7. The van der Waals surface area contributed by atoms with Crippen LogP contribution in [0.5, 0.6) is 0 Å². The van der Waals surface area contributed by atoms with Gasteiger partial charge in [0, 0.05) is 30.5 Å². The Balaban J connectivity index is 0.000000188. The molecule has 0 aliphatic carbocycles. The van der Waals surface area contributed by atoms with E-state index in [2.05, 4.69) is 76.9 Å². The van der Waals surface area contributed by atoms with Gasteiger partial charge in [-0.2, -0.15) is 10.4 Å². The van der Waals surface area contributed by atoms with Crippen molar-refractivity contribution in [2.45, 2.75) is 51.4 Å². The summed E-state index contributed by atoms with van der Waals surface area (Å²) in [6, 6.07) is 23.7. The number of pyridine rings is 1. The minimum Gasteiger partial charge on any atom is -0.465 e. The Bertz CT molecular complexity index is 2070. The lowest BCUT2D eigenvalue weighted by molar-refractivity contribution is 0.364. The molecule has 2 aromatic heterocycles. The topological polar surface area (TPSA) is 106 Å². The molecule has 5 heterocycles. The molecule has 8 nitrogen and oxygen atoms in total. The maximum atomic E-state index is 9.12. The third kappa shape index (κ3) is 6.93. The molecule has 0 radical (unpaired) electrons. The smallest absolute Gasteiger partial charge is 0.269 e. The van der Waals surface area contributed by atoms with E-state index in [0.717, 1.165) is 54.1 Å². The summed E-state index contributed by atoms with van der Waals surface area (Å²) in [6.07, 6.45) is 13.0. The molecule has 49 heavy (non-hydrogen) atoms. The first-order valence-electron chi connectivity index (χ1n) is 16.3. The van der Waals surface area contributed by atoms with Gasteiger partial charge in [-0.3, -0.25) is 10.1 Å². The number of ether oxygens (including phenoxy) is 1. The van der Waals surface area contributed by atoms with Crippen LogP contribution in [-0.2, 0) is 15.6 Å². The highest BCUT2D eigenvalue weighted by Crippen LogP contribution is 2.49. The van der Waals surface area contributed by atoms with E-state index in [9.17, 15) is 0 Å². The van der Waals surface area contributed by atoms with Crippen LogP contribution in [0.4, 0.5) is 5.69 Å². The van der Waals surface area contributed by atoms with Crippen LogP contribution in [-0.4, -0.2) is 28.3 Å². The second-order valence-corrected chi connectivity index (χ2v) is 13.6. The Kier molecular flexibility index (Phi) is 9.04. The van der Waals surface area contributed by atoms with Crippen molar-refractivity contribution in [2.75, 3.05) is 18.0 Å². The second-order valence-electron chi connectivity index (χ2n) is 13.6. The van der Waals surface area contributed by atoms with Crippen molar-refractivity contribution in [3.8, 4) is 34.8 Å². The Morgan fingerprint density at radius 3 is 2.29 bits per heavy atom. The van der Waals surface area contributed by atoms with E-state index in [1.54, 1.807) is 30.5 Å². The number of hydrogen-bond donors (Lipinski definition) is 1. The minimum atomic E-state index is 0.0715. The van der Waals surface area contributed by atoms with Crippen LogP contribution in [0.2, 0.25) is 0 Å². The van der Waals surface area contributed by atoms with Gasteiger partial charge >= 0.3 is 0 Å². The zero-order valence-electron chi connectivity index (χ0n) is 28.2. The molecule has 0 amide bonds. The van der Waals surface area contributed by atoms with Gasteiger partial charge in [-0.05, 0) is 107 Å². The molecule has 0 spiro atoms. The van der Waals surface area contributed by atoms with Crippen molar-refractivity contribution in [3.63, 3.8) is 0 Å². The molecule has 0 saturated carbocycles. The largest absolute Gasteiger partial charge is 0.465 e. The summed E-state index contributed by atoms with van der Waals surface area (Å²) in [4.78, 5) is 10.1. The lowest BCUT2D eigenvalue weighted by Crippen LogP contribution is -2.44. The molecule has 4 aromatic rings. The second kappa shape index (κ2) is 13.5. The molecule has 2 aromatic carbocycles. The zero-order chi connectivity index (χ0) is 34.6. The number of aromatic amines is 1. The van der Waals surface area contributed by atoms with Gasteiger partial charge < -0.3 is 9.64 Å². The van der Waals surface area contributed by atoms with E-state index in [4.69, 9.17) is 21.8 Å². The van der Waals surface area contributed by atoms with Crippen LogP contribution in [0.3, 0.4) is 0 Å². The van der Waals surface area contributed by atoms with Crippen LogP contribution in [0, 0.1) is 29.2 Å². The Hall–Kier alpha value is -6.17. The van der Waals surface area contributed by atoms with E-state index < -0.39 is 0 Å². The lowest BCUT2D eigenvalue weighted by Gasteiger charge is -2.48. The fourth-order valence-electron chi connectivity index (χ4n) is 6.39. The average Bonchev–Trinajstić information content (AvgIpc) is 3.62. The van der Waals surface area contributed by atoms with Crippen LogP contribution < -0.4 is 4.90 Å². The highest BCUT2D eigenvalue weighted by atomic mass is 16.5. The lowest BCUT2D eigenvalue weighted by atomic mass is 9.69. The predicted octanol–water partition coefficient (Wildman–Crippen LogP) is 9.00. The van der Waals surface area contributed by atoms with Gasteiger partial charge in [0.15, 0.2) is 0 Å². The molecule has 0 bridgehead atoms. The molecular weight excluding hydrogens is 606 g/mol. The number of nitrogens with one attached hydrogen (secondary N) is 1. The summed E-state index contributed by atoms with van der Waals surface area (Å²) in [6.45, 7) is 18.8. The maximum Gasteiger partial charge on any atom is 0.269 e. The minimum absolute atomic E-state index is 0.0715. The molecule has 3 aliphatic heterocycles. The third-order valence-electron chi connectivity index (χ3n) is 9.43. The number of H-pyrrole nitrogens is 1. The SMILES string of the molecule is N#Cc1ccc(-c2cc(-c3ccccn3)[nH]n2)cc1.[C-]#[N+]/C(C#N)=C1/C=COC(/C=C/c2cc3c4c(c2)C(C)(C)CCN4CCC3(C)C)=C1. The maximum absolute atomic E-state index is 9.12. The van der Waals surface area contributed by atoms with Crippen molar-refractivity contribution in [1.82, 2.24) is 15.2 Å². The van der Waals surface area contributed by atoms with Crippen molar-refractivity contribution < 1.29 is 4.74 Å². The van der Waals surface area contributed by atoms with Gasteiger partial charge in [0.05, 0.1) is 47.6 Å². The fourth-order valence-corrected chi connectivity index (χ4v) is 6.39. The van der Waals surface area contributed by atoms with Crippen molar-refractivity contribution in [2.24, 2.45) is 0 Å². The summed E-state index contributed by atoms with van der Waals surface area (Å²) in [5, 5.41) is 25.1. The van der Waals surface area contributed by atoms with E-state index in [0.29, 0.717) is 16.9 Å². The molecule has 8 heteroatoms. The Labute approximate surface area is 287 Å². The third-order valence-corrected chi connectivity index (χ3v) is 9.43. The monoisotopic (exact) mass is 643 g/mol. The highest BCUT2D eigenvalue weighted by Gasteiger charge is 2.39. The quantitative estimate of drug-likeness (QED) is 0.176. The number of rotatable bonds is 4. The van der Waals surface area contributed by atoms with Crippen LogP contribution in [0.15, 0.2) is 108 Å². The summed E-state index contributed by atoms with van der Waals surface area (Å²) in [5.74, 6) is 0.621. The fraction of sp³-hybridized carbons (Fsp3) is 0.244. The number of nitriles is 2. The number of benzene rings is 2. The molecule has 0 fully saturated rings. The van der Waals surface area contributed by atoms with Gasteiger partial charge in [0.1, 0.15) is 5.76 Å². The van der Waals surface area contributed by atoms with Crippen molar-refractivity contribution in [1.29, 1.82) is 10.5 Å². The standard InChI is InChI=1S/C26H27N3O.C15H10N4/c1-25(2)9-11-29-12-10-26(3,4)22-15-18(14-21(25)24(22)29)6-7-20-16-19(8-13-30-20)23(17-27)28-5;16-10-11-4-6-12(7-5-11)14-9-15(19-18-14)13-3-1-2-8-17-13/h6-8,13-16H,9-12H2,1-4H3;1-9H,(H,18,19)/b7-6+,23-19-;. The van der Waals surface area contributed by atoms with E-state index in [1.165, 1.54) is 23.1 Å². The van der Waals surface area contributed by atoms with Crippen molar-refractivity contribution >= 4 is 11.8 Å². The van der Waals surface area contributed by atoms with Crippen LogP contribution >= 0.6 is 0 Å². The van der Waals surface area contributed by atoms with E-state index in [-0.39, 0.29) is 16.5 Å². The number of aromatic nitrogens is 3. The summed E-state index contributed by atoms with van der Waals surface area (Å²) >= 11 is 0. The molecule has 7 rings (SSSR count). The zero-order valence-corrected chi connectivity index (χ0v) is 28.2. The first kappa shape index (κ1) is 32.8. The molecule has 242 valence electrons. The van der Waals surface area contributed by atoms with Gasteiger partial charge in [-0.15, -0.1) is 0 Å². The first-order valence-corrected chi connectivity index (χ1v) is 16.3. The van der Waals surface area contributed by atoms with Crippen LogP contribution in [0.25, 0.3) is 33.6 Å². The summed E-state index contributed by atoms with van der Waals surface area (Å²) in [5.41, 5.74) is 10.6. The number of allylic oxidation sites excluding steroid dienone is 5. The summed E-state index contributed by atoms with van der Waals surface area (Å²) in [7, 11) is 0. The molecule has 0 saturated heterocycles. The van der Waals surface area contributed by atoms with Crippen molar-refractivity contribution in [3.05, 3.63) is 142 Å².